The van der Waals surface area contributed by atoms with Crippen LogP contribution in [0, 0.1) is 36.3 Å². The van der Waals surface area contributed by atoms with Crippen molar-refractivity contribution in [3.63, 3.8) is 0 Å². The number of aliphatic hydroxyl groups excluding tert-OH is 1. The minimum absolute atomic E-state index is 0.0120. The Hall–Kier alpha value is -6.97. The van der Waals surface area contributed by atoms with Crippen LogP contribution in [0.2, 0.25) is 0 Å². The Kier molecular flexibility index (Phi) is 15.7. The van der Waals surface area contributed by atoms with Gasteiger partial charge in [0.05, 0.1) is 46.2 Å². The van der Waals surface area contributed by atoms with E-state index in [1.165, 1.54) is 28.4 Å². The van der Waals surface area contributed by atoms with Crippen molar-refractivity contribution < 1.29 is 42.6 Å². The molecule has 79 heavy (non-hydrogen) atoms. The number of nitrogens with two attached hydrogens (primary N) is 1. The highest BCUT2D eigenvalue weighted by atomic mass is 32.1. The van der Waals surface area contributed by atoms with E-state index in [0.29, 0.717) is 69.8 Å². The molecule has 2 aromatic carbocycles. The SMILES string of the molecule is Cc1ncsc1-c1ccc([C@H](C)NC(=O)[C@@H]2C[C@@H](O)CN2C(=O)[C@H](c2cc(OCCC3CCN(C[C@H]4C[C@H](Oc5cc(N6C7CCC6CN(c6cc(-c8ccccc8O)nnc6N)C7)ccn5)C4)CC3)no2)C(C)C)c(F)c1F. The maximum atomic E-state index is 15.4. The second-order valence-electron chi connectivity index (χ2n) is 22.5. The fraction of sp³-hybridized carbons (Fsp3) is 0.500. The van der Waals surface area contributed by atoms with Crippen LogP contribution in [-0.2, 0) is 9.59 Å². The number of aromatic nitrogens is 5. The van der Waals surface area contributed by atoms with Crippen LogP contribution in [0.1, 0.15) is 101 Å². The molecule has 2 unspecified atom stereocenters. The third-order valence-corrected chi connectivity index (χ3v) is 17.8. The van der Waals surface area contributed by atoms with Crippen molar-refractivity contribution in [3.8, 4) is 39.2 Å². The summed E-state index contributed by atoms with van der Waals surface area (Å²) < 4.78 is 49.0. The topological polar surface area (TPSA) is 222 Å². The number of para-hydroxylation sites is 1. The lowest BCUT2D eigenvalue weighted by Gasteiger charge is -2.43. The van der Waals surface area contributed by atoms with Gasteiger partial charge in [0.1, 0.15) is 23.8 Å². The molecule has 5 fully saturated rings. The largest absolute Gasteiger partial charge is 0.507 e. The average Bonchev–Trinajstić information content (AvgIpc) is 4.23. The molecule has 5 N–H and O–H groups in total. The van der Waals surface area contributed by atoms with E-state index >= 15 is 8.78 Å². The van der Waals surface area contributed by atoms with Crippen molar-refractivity contribution in [2.45, 2.75) is 121 Å². The Balaban J connectivity index is 0.607. The fourth-order valence-corrected chi connectivity index (χ4v) is 13.4. The third-order valence-electron chi connectivity index (χ3n) is 16.8. The van der Waals surface area contributed by atoms with Crippen LogP contribution >= 0.6 is 11.3 Å². The van der Waals surface area contributed by atoms with E-state index in [0.717, 1.165) is 89.0 Å². The molecule has 1 aliphatic carbocycles. The van der Waals surface area contributed by atoms with Crippen molar-refractivity contribution in [1.29, 1.82) is 0 Å². The van der Waals surface area contributed by atoms with Gasteiger partial charge in [-0.2, -0.15) is 0 Å². The standard InChI is InChI=1S/C58H69F2N11O7S/c1-32(2)52(58(75)70-30-40(72)24-47(70)57(74)64-33(3)42-11-12-44(54(60)53(42)59)55-34(4)63-31-79-55)49-26-51(67-78-49)76-20-16-35-14-18-68(19-15-35)27-36-21-41(22-36)77-50-23-37(13-17-62-50)71-38-9-10-39(71)29-69(28-38)46-25-45(65-66-56(46)61)43-7-5-6-8-48(43)73/h5-8,11-13,17,23,25-26,31-33,35-36,38-41,47,52,72-73H,9-10,14-16,18-22,24,27-30H2,1-4H3,(H2,61,66)(H,64,74)/t33-,36-,38?,39?,40+,41-,47-,52-/m0/s1. The van der Waals surface area contributed by atoms with Crippen LogP contribution in [0.3, 0.4) is 0 Å². The molecule has 2 bridgehead atoms. The van der Waals surface area contributed by atoms with E-state index in [-0.39, 0.29) is 47.7 Å². The molecule has 4 aliphatic heterocycles. The van der Waals surface area contributed by atoms with E-state index in [4.69, 9.17) is 19.7 Å². The lowest BCUT2D eigenvalue weighted by Crippen LogP contribution is -2.54. The lowest BCUT2D eigenvalue weighted by molar-refractivity contribution is -0.141. The molecular formula is C58H69F2N11O7S. The van der Waals surface area contributed by atoms with Crippen molar-refractivity contribution in [2.24, 2.45) is 17.8 Å². The number of rotatable bonds is 18. The van der Waals surface area contributed by atoms with Crippen molar-refractivity contribution in [3.05, 3.63) is 101 Å². The van der Waals surface area contributed by atoms with E-state index in [9.17, 15) is 19.8 Å². The highest BCUT2D eigenvalue weighted by Crippen LogP contribution is 2.42. The lowest BCUT2D eigenvalue weighted by atomic mass is 9.81. The number of pyridine rings is 1. The first-order valence-electron chi connectivity index (χ1n) is 27.7. The number of hydrogen-bond donors (Lipinski definition) is 4. The predicted octanol–water partition coefficient (Wildman–Crippen LogP) is 8.30. The van der Waals surface area contributed by atoms with Gasteiger partial charge in [0.25, 0.3) is 5.88 Å². The molecule has 18 nitrogen and oxygen atoms in total. The van der Waals surface area contributed by atoms with Crippen molar-refractivity contribution >= 4 is 40.3 Å². The number of halogens is 2. The first-order valence-corrected chi connectivity index (χ1v) is 28.6. The Morgan fingerprint density at radius 3 is 2.41 bits per heavy atom. The first-order chi connectivity index (χ1) is 38.1. The van der Waals surface area contributed by atoms with Crippen LogP contribution in [0.15, 0.2) is 76.9 Å². The van der Waals surface area contributed by atoms with Gasteiger partial charge in [-0.3, -0.25) is 9.59 Å². The van der Waals surface area contributed by atoms with Gasteiger partial charge in [0.2, 0.25) is 17.7 Å². The number of carbonyl (C=O) groups is 2. The Morgan fingerprint density at radius 1 is 0.899 bits per heavy atom. The summed E-state index contributed by atoms with van der Waals surface area (Å²) in [5.74, 6) is -1.31. The van der Waals surface area contributed by atoms with Crippen LogP contribution in [0.25, 0.3) is 21.7 Å². The smallest absolute Gasteiger partial charge is 0.254 e. The molecule has 0 radical (unpaired) electrons. The number of phenols is 1. The fourth-order valence-electron chi connectivity index (χ4n) is 12.6. The van der Waals surface area contributed by atoms with Gasteiger partial charge in [0.15, 0.2) is 23.2 Å². The number of carbonyl (C=O) groups excluding carboxylic acids is 2. The zero-order valence-electron chi connectivity index (χ0n) is 45.0. The van der Waals surface area contributed by atoms with Gasteiger partial charge in [-0.15, -0.1) is 21.5 Å². The Labute approximate surface area is 462 Å². The number of amides is 2. The molecule has 4 saturated heterocycles. The predicted molar refractivity (Wildman–Crippen MR) is 295 cm³/mol. The number of hydrogen-bond acceptors (Lipinski definition) is 17. The number of nitrogens with one attached hydrogen (secondary N) is 1. The number of piperidine rings is 1. The number of fused-ring (bicyclic) bond motifs is 2. The third kappa shape index (κ3) is 11.4. The van der Waals surface area contributed by atoms with E-state index in [2.05, 4.69) is 57.5 Å². The minimum Gasteiger partial charge on any atom is -0.507 e. The number of aromatic hydroxyl groups is 1. The summed E-state index contributed by atoms with van der Waals surface area (Å²) in [5.41, 5.74) is 11.8. The first kappa shape index (κ1) is 54.0. The van der Waals surface area contributed by atoms with Gasteiger partial charge < -0.3 is 54.9 Å². The highest BCUT2D eigenvalue weighted by Gasteiger charge is 2.45. The van der Waals surface area contributed by atoms with Crippen LogP contribution in [0.5, 0.6) is 17.5 Å². The second-order valence-corrected chi connectivity index (χ2v) is 23.4. The summed E-state index contributed by atoms with van der Waals surface area (Å²) in [6.45, 7) is 12.1. The summed E-state index contributed by atoms with van der Waals surface area (Å²) in [5, 5.41) is 36.6. The number of anilines is 3. The number of nitrogens with zero attached hydrogens (tertiary/aromatic N) is 9. The summed E-state index contributed by atoms with van der Waals surface area (Å²) in [6.07, 6.45) is 8.18. The molecule has 4 aromatic heterocycles. The number of piperazine rings is 1. The molecule has 8 heterocycles. The van der Waals surface area contributed by atoms with E-state index in [1.54, 1.807) is 37.6 Å². The van der Waals surface area contributed by atoms with Crippen molar-refractivity contribution in [1.82, 2.24) is 40.4 Å². The van der Waals surface area contributed by atoms with Gasteiger partial charge in [0, 0.05) is 85.4 Å². The number of aryl methyl sites for hydroxylation is 1. The summed E-state index contributed by atoms with van der Waals surface area (Å²) >= 11 is 1.21. The number of benzene rings is 2. The monoisotopic (exact) mass is 1100 g/mol. The zero-order chi connectivity index (χ0) is 55.1. The number of nitrogen functional groups attached to an aromatic ring is 1. The molecule has 418 valence electrons. The van der Waals surface area contributed by atoms with Gasteiger partial charge >= 0.3 is 0 Å². The van der Waals surface area contributed by atoms with Gasteiger partial charge in [-0.25, -0.2) is 18.7 Å². The Morgan fingerprint density at radius 2 is 1.67 bits per heavy atom. The molecule has 0 spiro atoms. The number of β-amino-alcohol motifs (C(OH)–C–C–N with tert-alkyl or cyclic N) is 1. The molecular weight excluding hydrogens is 1030 g/mol. The summed E-state index contributed by atoms with van der Waals surface area (Å²) in [4.78, 5) is 46.0. The van der Waals surface area contributed by atoms with Gasteiger partial charge in [-0.1, -0.05) is 32.0 Å². The molecule has 11 rings (SSSR count). The maximum absolute atomic E-state index is 15.4. The van der Waals surface area contributed by atoms with Crippen LogP contribution in [-0.4, -0.2) is 133 Å². The molecule has 6 atom stereocenters. The zero-order valence-corrected chi connectivity index (χ0v) is 45.8. The molecule has 1 saturated carbocycles. The normalized spacial score (nSPS) is 23.2. The Bertz CT molecular complexity index is 3130. The molecule has 2 amide bonds. The number of ether oxygens (including phenoxy) is 2. The summed E-state index contributed by atoms with van der Waals surface area (Å²) in [7, 11) is 0. The number of thiazole rings is 1. The maximum Gasteiger partial charge on any atom is 0.254 e. The number of likely N-dealkylation sites (tertiary alicyclic amines) is 2. The van der Waals surface area contributed by atoms with Gasteiger partial charge in [-0.05, 0) is 125 Å². The number of aliphatic hydroxyl groups is 1. The molecule has 5 aliphatic rings. The average molecular weight is 1100 g/mol. The molecule has 6 aromatic rings. The van der Waals surface area contributed by atoms with E-state index in [1.807, 2.05) is 38.2 Å². The highest BCUT2D eigenvalue weighted by molar-refractivity contribution is 7.13. The minimum atomic E-state index is -1.07. The van der Waals surface area contributed by atoms with Crippen molar-refractivity contribution in [2.75, 3.05) is 61.4 Å². The quantitative estimate of drug-likeness (QED) is 0.0636. The summed E-state index contributed by atoms with van der Waals surface area (Å²) in [6, 6.07) is 16.4. The van der Waals surface area contributed by atoms with Crippen LogP contribution < -0.4 is 30.3 Å². The molecule has 21 heteroatoms. The van der Waals surface area contributed by atoms with E-state index < -0.39 is 47.6 Å². The number of phenolic OH excluding ortho intramolecular Hbond substituents is 1. The second kappa shape index (κ2) is 23.0. The van der Waals surface area contributed by atoms with Crippen LogP contribution in [0.4, 0.5) is 26.0 Å².